The minimum absolute atomic E-state index is 0.0376. The van der Waals surface area contributed by atoms with Gasteiger partial charge in [-0.05, 0) is 12.8 Å². The first kappa shape index (κ1) is 13.4. The molecular formula is C10H21NO3. The van der Waals surface area contributed by atoms with Crippen LogP contribution in [0.1, 0.15) is 26.7 Å². The normalized spacial score (nSPS) is 16.8. The summed E-state index contributed by atoms with van der Waals surface area (Å²) in [5.41, 5.74) is 0. The number of ether oxygens (including phenoxy) is 2. The lowest BCUT2D eigenvalue weighted by atomic mass is 10.1. The standard InChI is InChI=1S/C8H15NO3.C2H6/c1-11-6-8(10)9-7-2-4-12-5-3-7;1-2/h7H,2-6H2,1H3,(H,9,10);1-2H3. The number of hydrogen-bond acceptors (Lipinski definition) is 3. The van der Waals surface area contributed by atoms with E-state index in [1.165, 1.54) is 7.11 Å². The lowest BCUT2D eigenvalue weighted by molar-refractivity contribution is -0.126. The molecule has 84 valence electrons. The molecule has 1 amide bonds. The number of methoxy groups -OCH3 is 1. The fraction of sp³-hybridized carbons (Fsp3) is 0.900. The quantitative estimate of drug-likeness (QED) is 0.743. The van der Waals surface area contributed by atoms with Gasteiger partial charge in [-0.1, -0.05) is 13.8 Å². The maximum atomic E-state index is 11.0. The van der Waals surface area contributed by atoms with Crippen LogP contribution >= 0.6 is 0 Å². The third-order valence-corrected chi connectivity index (χ3v) is 1.86. The predicted octanol–water partition coefficient (Wildman–Crippen LogP) is 0.954. The van der Waals surface area contributed by atoms with Crippen molar-refractivity contribution in [2.75, 3.05) is 26.9 Å². The monoisotopic (exact) mass is 203 g/mol. The zero-order chi connectivity index (χ0) is 10.8. The largest absolute Gasteiger partial charge is 0.381 e. The van der Waals surface area contributed by atoms with Gasteiger partial charge in [0.15, 0.2) is 0 Å². The molecule has 0 aliphatic carbocycles. The van der Waals surface area contributed by atoms with E-state index in [9.17, 15) is 4.79 Å². The van der Waals surface area contributed by atoms with Crippen molar-refractivity contribution in [1.29, 1.82) is 0 Å². The van der Waals surface area contributed by atoms with E-state index in [2.05, 4.69) is 5.32 Å². The van der Waals surface area contributed by atoms with Gasteiger partial charge < -0.3 is 14.8 Å². The number of amides is 1. The Kier molecular flexibility index (Phi) is 8.57. The van der Waals surface area contributed by atoms with Gasteiger partial charge in [0.1, 0.15) is 6.61 Å². The van der Waals surface area contributed by atoms with Crippen molar-refractivity contribution in [3.05, 3.63) is 0 Å². The highest BCUT2D eigenvalue weighted by molar-refractivity contribution is 5.77. The summed E-state index contributed by atoms with van der Waals surface area (Å²) >= 11 is 0. The first-order chi connectivity index (χ1) is 6.83. The van der Waals surface area contributed by atoms with Crippen molar-refractivity contribution in [1.82, 2.24) is 5.32 Å². The molecule has 0 aromatic heterocycles. The van der Waals surface area contributed by atoms with Crippen LogP contribution in [0.2, 0.25) is 0 Å². The van der Waals surface area contributed by atoms with Gasteiger partial charge in [0.2, 0.25) is 5.91 Å². The highest BCUT2D eigenvalue weighted by atomic mass is 16.5. The first-order valence-electron chi connectivity index (χ1n) is 5.19. The van der Waals surface area contributed by atoms with Crippen molar-refractivity contribution in [3.63, 3.8) is 0 Å². The Morgan fingerprint density at radius 3 is 2.50 bits per heavy atom. The molecule has 0 aromatic carbocycles. The fourth-order valence-electron chi connectivity index (χ4n) is 1.24. The summed E-state index contributed by atoms with van der Waals surface area (Å²) in [4.78, 5) is 11.0. The summed E-state index contributed by atoms with van der Waals surface area (Å²) in [5.74, 6) is -0.0376. The highest BCUT2D eigenvalue weighted by Crippen LogP contribution is 2.05. The molecule has 0 atom stereocenters. The Labute approximate surface area is 86.0 Å². The molecule has 0 spiro atoms. The van der Waals surface area contributed by atoms with E-state index < -0.39 is 0 Å². The van der Waals surface area contributed by atoms with Crippen LogP contribution < -0.4 is 5.32 Å². The van der Waals surface area contributed by atoms with Gasteiger partial charge in [-0.25, -0.2) is 0 Å². The van der Waals surface area contributed by atoms with E-state index in [1.54, 1.807) is 0 Å². The van der Waals surface area contributed by atoms with Crippen LogP contribution in [-0.4, -0.2) is 38.9 Å². The molecule has 14 heavy (non-hydrogen) atoms. The molecule has 0 radical (unpaired) electrons. The Balaban J connectivity index is 0.000000791. The summed E-state index contributed by atoms with van der Waals surface area (Å²) in [7, 11) is 1.52. The molecule has 0 aromatic rings. The molecule has 0 bridgehead atoms. The molecule has 1 aliphatic heterocycles. The molecule has 4 nitrogen and oxygen atoms in total. The number of nitrogens with one attached hydrogen (secondary N) is 1. The maximum absolute atomic E-state index is 11.0. The minimum atomic E-state index is -0.0376. The Hall–Kier alpha value is -0.610. The van der Waals surface area contributed by atoms with Crippen LogP contribution in [0.3, 0.4) is 0 Å². The van der Waals surface area contributed by atoms with E-state index in [0.717, 1.165) is 26.1 Å². The van der Waals surface area contributed by atoms with E-state index in [-0.39, 0.29) is 18.6 Å². The summed E-state index contributed by atoms with van der Waals surface area (Å²) in [6, 6.07) is 0.279. The summed E-state index contributed by atoms with van der Waals surface area (Å²) in [5, 5.41) is 2.88. The second-order valence-corrected chi connectivity index (χ2v) is 2.89. The molecule has 1 fully saturated rings. The van der Waals surface area contributed by atoms with Crippen LogP contribution in [-0.2, 0) is 14.3 Å². The van der Waals surface area contributed by atoms with Crippen LogP contribution in [0, 0.1) is 0 Å². The first-order valence-corrected chi connectivity index (χ1v) is 5.19. The van der Waals surface area contributed by atoms with E-state index in [0.29, 0.717) is 0 Å². The number of rotatable bonds is 3. The molecule has 1 rings (SSSR count). The zero-order valence-corrected chi connectivity index (χ0v) is 9.34. The summed E-state index contributed by atoms with van der Waals surface area (Å²) < 4.78 is 9.86. The van der Waals surface area contributed by atoms with Gasteiger partial charge in [-0.3, -0.25) is 4.79 Å². The van der Waals surface area contributed by atoms with Gasteiger partial charge in [-0.2, -0.15) is 0 Å². The number of hydrogen-bond donors (Lipinski definition) is 1. The Bertz CT molecular complexity index is 144. The van der Waals surface area contributed by atoms with Gasteiger partial charge in [0.05, 0.1) is 0 Å². The number of carbonyl (C=O) groups excluding carboxylic acids is 1. The topological polar surface area (TPSA) is 47.6 Å². The average molecular weight is 203 g/mol. The highest BCUT2D eigenvalue weighted by Gasteiger charge is 2.15. The number of carbonyl (C=O) groups is 1. The van der Waals surface area contributed by atoms with Gasteiger partial charge in [-0.15, -0.1) is 0 Å². The summed E-state index contributed by atoms with van der Waals surface area (Å²) in [6.45, 7) is 5.65. The smallest absolute Gasteiger partial charge is 0.246 e. The van der Waals surface area contributed by atoms with E-state index in [4.69, 9.17) is 9.47 Å². The van der Waals surface area contributed by atoms with Crippen LogP contribution in [0.25, 0.3) is 0 Å². The Morgan fingerprint density at radius 1 is 1.43 bits per heavy atom. The third-order valence-electron chi connectivity index (χ3n) is 1.86. The molecular weight excluding hydrogens is 182 g/mol. The molecule has 1 aliphatic rings. The fourth-order valence-corrected chi connectivity index (χ4v) is 1.24. The maximum Gasteiger partial charge on any atom is 0.246 e. The third kappa shape index (κ3) is 5.94. The van der Waals surface area contributed by atoms with Gasteiger partial charge >= 0.3 is 0 Å². The molecule has 1 heterocycles. The molecule has 0 saturated carbocycles. The van der Waals surface area contributed by atoms with Crippen LogP contribution in [0.4, 0.5) is 0 Å². The van der Waals surface area contributed by atoms with Crippen LogP contribution in [0.5, 0.6) is 0 Å². The average Bonchev–Trinajstić information content (AvgIpc) is 2.22. The Morgan fingerprint density at radius 2 is 2.00 bits per heavy atom. The lowest BCUT2D eigenvalue weighted by Crippen LogP contribution is -2.40. The minimum Gasteiger partial charge on any atom is -0.381 e. The van der Waals surface area contributed by atoms with Gasteiger partial charge in [0.25, 0.3) is 0 Å². The van der Waals surface area contributed by atoms with E-state index >= 15 is 0 Å². The molecule has 0 unspecified atom stereocenters. The second kappa shape index (κ2) is 8.97. The van der Waals surface area contributed by atoms with Crippen molar-refractivity contribution < 1.29 is 14.3 Å². The molecule has 4 heteroatoms. The SMILES string of the molecule is CC.COCC(=O)NC1CCOCC1. The van der Waals surface area contributed by atoms with Crippen molar-refractivity contribution in [3.8, 4) is 0 Å². The van der Waals surface area contributed by atoms with Crippen molar-refractivity contribution in [2.45, 2.75) is 32.7 Å². The zero-order valence-electron chi connectivity index (χ0n) is 9.34. The lowest BCUT2D eigenvalue weighted by Gasteiger charge is -2.22. The summed E-state index contributed by atoms with van der Waals surface area (Å²) in [6.07, 6.45) is 1.82. The van der Waals surface area contributed by atoms with Crippen molar-refractivity contribution >= 4 is 5.91 Å². The predicted molar refractivity (Wildman–Crippen MR) is 55.2 cm³/mol. The molecule has 1 saturated heterocycles. The van der Waals surface area contributed by atoms with Gasteiger partial charge in [0, 0.05) is 26.4 Å². The molecule has 1 N–H and O–H groups in total. The van der Waals surface area contributed by atoms with Crippen LogP contribution in [0.15, 0.2) is 0 Å². The van der Waals surface area contributed by atoms with E-state index in [1.807, 2.05) is 13.8 Å². The van der Waals surface area contributed by atoms with Crippen molar-refractivity contribution in [2.24, 2.45) is 0 Å². The second-order valence-electron chi connectivity index (χ2n) is 2.89.